The van der Waals surface area contributed by atoms with Gasteiger partial charge in [-0.2, -0.15) is 11.8 Å². The molecule has 1 nitrogen and oxygen atoms in total. The summed E-state index contributed by atoms with van der Waals surface area (Å²) in [5, 5.41) is 0. The quantitative estimate of drug-likeness (QED) is 0.689. The standard InChI is InChI=1S/C15H24OS/c1-5-17-12-8-11-16-14-10-7-6-9-13(14)15(2,3)4/h6-7,9-10H,5,8,11-12H2,1-4H3. The third-order valence-electron chi connectivity index (χ3n) is 2.59. The van der Waals surface area contributed by atoms with E-state index in [1.54, 1.807) is 0 Å². The van der Waals surface area contributed by atoms with Crippen LogP contribution in [0.2, 0.25) is 0 Å². The topological polar surface area (TPSA) is 9.23 Å². The van der Waals surface area contributed by atoms with Crippen molar-refractivity contribution in [2.75, 3.05) is 18.1 Å². The van der Waals surface area contributed by atoms with Crippen LogP contribution in [0.5, 0.6) is 5.75 Å². The first kappa shape index (κ1) is 14.4. The van der Waals surface area contributed by atoms with E-state index in [4.69, 9.17) is 4.74 Å². The lowest BCUT2D eigenvalue weighted by Crippen LogP contribution is -2.13. The molecule has 0 spiro atoms. The monoisotopic (exact) mass is 252 g/mol. The molecule has 0 aliphatic heterocycles. The van der Waals surface area contributed by atoms with Crippen LogP contribution >= 0.6 is 11.8 Å². The minimum atomic E-state index is 0.148. The summed E-state index contributed by atoms with van der Waals surface area (Å²) in [5.74, 6) is 3.42. The molecular formula is C15H24OS. The van der Waals surface area contributed by atoms with Gasteiger partial charge in [0.25, 0.3) is 0 Å². The smallest absolute Gasteiger partial charge is 0.123 e. The number of ether oxygens (including phenoxy) is 1. The van der Waals surface area contributed by atoms with Crippen LogP contribution < -0.4 is 4.74 Å². The Hall–Kier alpha value is -0.630. The van der Waals surface area contributed by atoms with Gasteiger partial charge in [-0.1, -0.05) is 45.9 Å². The Bertz CT molecular complexity index is 328. The van der Waals surface area contributed by atoms with Crippen molar-refractivity contribution in [3.8, 4) is 5.75 Å². The molecule has 1 aromatic rings. The van der Waals surface area contributed by atoms with Gasteiger partial charge in [-0.25, -0.2) is 0 Å². The van der Waals surface area contributed by atoms with E-state index in [0.29, 0.717) is 0 Å². The molecule has 2 heteroatoms. The predicted molar refractivity (Wildman–Crippen MR) is 78.3 cm³/mol. The Balaban J connectivity index is 2.53. The zero-order chi connectivity index (χ0) is 12.7. The average molecular weight is 252 g/mol. The SMILES string of the molecule is CCSCCCOc1ccccc1C(C)(C)C. The summed E-state index contributed by atoms with van der Waals surface area (Å²) in [4.78, 5) is 0. The van der Waals surface area contributed by atoms with Crippen LogP contribution in [-0.2, 0) is 5.41 Å². The fraction of sp³-hybridized carbons (Fsp3) is 0.600. The van der Waals surface area contributed by atoms with Crippen LogP contribution in [0.4, 0.5) is 0 Å². The number of rotatable bonds is 6. The van der Waals surface area contributed by atoms with Crippen molar-refractivity contribution in [3.05, 3.63) is 29.8 Å². The van der Waals surface area contributed by atoms with E-state index in [1.165, 1.54) is 17.1 Å². The van der Waals surface area contributed by atoms with Crippen LogP contribution in [0.15, 0.2) is 24.3 Å². The first-order valence-corrected chi connectivity index (χ1v) is 7.51. The molecule has 0 fully saturated rings. The Kier molecular flexibility index (Phi) is 5.90. The van der Waals surface area contributed by atoms with Crippen molar-refractivity contribution in [1.29, 1.82) is 0 Å². The maximum atomic E-state index is 5.90. The van der Waals surface area contributed by atoms with Crippen molar-refractivity contribution in [1.82, 2.24) is 0 Å². The molecule has 0 saturated carbocycles. The molecule has 0 heterocycles. The molecule has 0 aliphatic carbocycles. The summed E-state index contributed by atoms with van der Waals surface area (Å²) in [7, 11) is 0. The van der Waals surface area contributed by atoms with E-state index in [1.807, 2.05) is 17.8 Å². The summed E-state index contributed by atoms with van der Waals surface area (Å²) in [6.45, 7) is 9.69. The lowest BCUT2D eigenvalue weighted by atomic mass is 9.86. The molecule has 0 radical (unpaired) electrons. The minimum absolute atomic E-state index is 0.148. The van der Waals surface area contributed by atoms with E-state index in [9.17, 15) is 0 Å². The second kappa shape index (κ2) is 6.95. The second-order valence-electron chi connectivity index (χ2n) is 5.15. The molecule has 96 valence electrons. The van der Waals surface area contributed by atoms with Gasteiger partial charge in [0.15, 0.2) is 0 Å². The van der Waals surface area contributed by atoms with Crippen LogP contribution in [-0.4, -0.2) is 18.1 Å². The molecule has 1 rings (SSSR count). The van der Waals surface area contributed by atoms with E-state index >= 15 is 0 Å². The van der Waals surface area contributed by atoms with Gasteiger partial charge in [0.2, 0.25) is 0 Å². The summed E-state index contributed by atoms with van der Waals surface area (Å²) in [5.41, 5.74) is 1.44. The van der Waals surface area contributed by atoms with Gasteiger partial charge in [0.05, 0.1) is 6.61 Å². The molecule has 1 aromatic carbocycles. The third-order valence-corrected chi connectivity index (χ3v) is 3.58. The summed E-state index contributed by atoms with van der Waals surface area (Å²) < 4.78 is 5.90. The van der Waals surface area contributed by atoms with Crippen LogP contribution in [0.1, 0.15) is 39.7 Å². The van der Waals surface area contributed by atoms with Crippen molar-refractivity contribution in [2.45, 2.75) is 39.5 Å². The molecule has 17 heavy (non-hydrogen) atoms. The number of thioether (sulfide) groups is 1. The Morgan fingerprint density at radius 2 is 1.88 bits per heavy atom. The largest absolute Gasteiger partial charge is 0.493 e. The van der Waals surface area contributed by atoms with Gasteiger partial charge >= 0.3 is 0 Å². The summed E-state index contributed by atoms with van der Waals surface area (Å²) in [6, 6.07) is 8.37. The maximum Gasteiger partial charge on any atom is 0.123 e. The molecule has 0 unspecified atom stereocenters. The normalized spacial score (nSPS) is 11.5. The number of hydrogen-bond donors (Lipinski definition) is 0. The Labute approximate surface area is 110 Å². The van der Waals surface area contributed by atoms with Crippen molar-refractivity contribution >= 4 is 11.8 Å². The lowest BCUT2D eigenvalue weighted by Gasteiger charge is -2.22. The van der Waals surface area contributed by atoms with Gasteiger partial charge in [-0.05, 0) is 35.0 Å². The third kappa shape index (κ3) is 5.03. The molecule has 0 aliphatic rings. The van der Waals surface area contributed by atoms with E-state index in [-0.39, 0.29) is 5.41 Å². The van der Waals surface area contributed by atoms with Gasteiger partial charge < -0.3 is 4.74 Å². The van der Waals surface area contributed by atoms with Gasteiger partial charge in [-0.3, -0.25) is 0 Å². The average Bonchev–Trinajstić information content (AvgIpc) is 2.28. The van der Waals surface area contributed by atoms with Crippen LogP contribution in [0.25, 0.3) is 0 Å². The van der Waals surface area contributed by atoms with Crippen molar-refractivity contribution in [3.63, 3.8) is 0 Å². The Morgan fingerprint density at radius 1 is 1.18 bits per heavy atom. The number of para-hydroxylation sites is 1. The number of hydrogen-bond acceptors (Lipinski definition) is 2. The zero-order valence-electron chi connectivity index (χ0n) is 11.5. The minimum Gasteiger partial charge on any atom is -0.493 e. The van der Waals surface area contributed by atoms with E-state index in [2.05, 4.69) is 45.9 Å². The highest BCUT2D eigenvalue weighted by Crippen LogP contribution is 2.30. The highest BCUT2D eigenvalue weighted by molar-refractivity contribution is 7.99. The van der Waals surface area contributed by atoms with Crippen molar-refractivity contribution in [2.24, 2.45) is 0 Å². The fourth-order valence-electron chi connectivity index (χ4n) is 1.70. The molecule has 0 bridgehead atoms. The van der Waals surface area contributed by atoms with Crippen molar-refractivity contribution < 1.29 is 4.74 Å². The van der Waals surface area contributed by atoms with Gasteiger partial charge in [0, 0.05) is 0 Å². The lowest BCUT2D eigenvalue weighted by molar-refractivity contribution is 0.310. The van der Waals surface area contributed by atoms with E-state index in [0.717, 1.165) is 18.8 Å². The predicted octanol–water partition coefficient (Wildman–Crippen LogP) is 4.51. The molecule has 0 aromatic heterocycles. The second-order valence-corrected chi connectivity index (χ2v) is 6.54. The maximum absolute atomic E-state index is 5.90. The molecule has 0 atom stereocenters. The molecule has 0 amide bonds. The zero-order valence-corrected chi connectivity index (χ0v) is 12.3. The van der Waals surface area contributed by atoms with Crippen LogP contribution in [0, 0.1) is 0 Å². The van der Waals surface area contributed by atoms with E-state index < -0.39 is 0 Å². The molecule has 0 saturated heterocycles. The highest BCUT2D eigenvalue weighted by atomic mass is 32.2. The molecule has 0 N–H and O–H groups in total. The first-order chi connectivity index (χ1) is 8.05. The van der Waals surface area contributed by atoms with Gasteiger partial charge in [0.1, 0.15) is 5.75 Å². The first-order valence-electron chi connectivity index (χ1n) is 6.35. The van der Waals surface area contributed by atoms with Gasteiger partial charge in [-0.15, -0.1) is 0 Å². The molecular weight excluding hydrogens is 228 g/mol. The van der Waals surface area contributed by atoms with Crippen LogP contribution in [0.3, 0.4) is 0 Å². The number of benzene rings is 1. The fourth-order valence-corrected chi connectivity index (χ4v) is 2.31. The highest BCUT2D eigenvalue weighted by Gasteiger charge is 2.17. The Morgan fingerprint density at radius 3 is 2.53 bits per heavy atom. The summed E-state index contributed by atoms with van der Waals surface area (Å²) >= 11 is 1.97. The summed E-state index contributed by atoms with van der Waals surface area (Å²) in [6.07, 6.45) is 1.12.